The van der Waals surface area contributed by atoms with Gasteiger partial charge in [-0.3, -0.25) is 4.79 Å². The lowest BCUT2D eigenvalue weighted by atomic mass is 10.0. The van der Waals surface area contributed by atoms with Crippen LogP contribution in [-0.4, -0.2) is 12.5 Å². The first-order valence-electron chi connectivity index (χ1n) is 6.50. The molecule has 0 atom stereocenters. The van der Waals surface area contributed by atoms with Crippen molar-refractivity contribution >= 4 is 17.5 Å². The second-order valence-electron chi connectivity index (χ2n) is 4.52. The molecule has 104 valence electrons. The van der Waals surface area contributed by atoms with E-state index in [9.17, 15) is 4.79 Å². The quantitative estimate of drug-likeness (QED) is 0.889. The van der Waals surface area contributed by atoms with Gasteiger partial charge in [0.25, 0.3) is 0 Å². The van der Waals surface area contributed by atoms with Crippen LogP contribution in [0.3, 0.4) is 0 Å². The topological polar surface area (TPSA) is 55.1 Å². The highest BCUT2D eigenvalue weighted by Crippen LogP contribution is 2.21. The Hall–Kier alpha value is -1.84. The van der Waals surface area contributed by atoms with Crippen LogP contribution in [-0.2, 0) is 11.3 Å². The number of halogens is 1. The highest BCUT2D eigenvalue weighted by molar-refractivity contribution is 6.30. The number of carbonyl (C=O) groups is 1. The molecule has 0 aliphatic heterocycles. The summed E-state index contributed by atoms with van der Waals surface area (Å²) in [6, 6.07) is 15.8. The molecule has 2 rings (SSSR count). The minimum Gasteiger partial charge on any atom is -0.352 e. The Morgan fingerprint density at radius 2 is 1.55 bits per heavy atom. The van der Waals surface area contributed by atoms with E-state index in [2.05, 4.69) is 5.32 Å². The van der Waals surface area contributed by atoms with Crippen molar-refractivity contribution in [3.8, 4) is 11.1 Å². The maximum Gasteiger partial charge on any atom is 0.221 e. The Labute approximate surface area is 123 Å². The molecule has 0 radical (unpaired) electrons. The van der Waals surface area contributed by atoms with E-state index in [1.807, 2.05) is 48.5 Å². The van der Waals surface area contributed by atoms with Gasteiger partial charge in [-0.05, 0) is 28.8 Å². The average molecular weight is 289 g/mol. The molecule has 2 aromatic rings. The summed E-state index contributed by atoms with van der Waals surface area (Å²) in [6.45, 7) is 0.904. The molecule has 0 saturated carbocycles. The number of nitrogens with one attached hydrogen (secondary N) is 1. The van der Waals surface area contributed by atoms with Crippen molar-refractivity contribution in [3.05, 3.63) is 59.1 Å². The van der Waals surface area contributed by atoms with Crippen molar-refractivity contribution in [2.75, 3.05) is 6.54 Å². The van der Waals surface area contributed by atoms with Crippen molar-refractivity contribution < 1.29 is 4.79 Å². The van der Waals surface area contributed by atoms with E-state index >= 15 is 0 Å². The van der Waals surface area contributed by atoms with Crippen LogP contribution in [0.2, 0.25) is 5.02 Å². The van der Waals surface area contributed by atoms with E-state index in [0.29, 0.717) is 19.5 Å². The van der Waals surface area contributed by atoms with E-state index < -0.39 is 0 Å². The molecule has 4 heteroatoms. The normalized spacial score (nSPS) is 10.3. The van der Waals surface area contributed by atoms with Gasteiger partial charge in [0.2, 0.25) is 5.91 Å². The molecule has 3 N–H and O–H groups in total. The predicted octanol–water partition coefficient (Wildman–Crippen LogP) is 2.97. The van der Waals surface area contributed by atoms with E-state index in [1.54, 1.807) is 0 Å². The van der Waals surface area contributed by atoms with E-state index in [-0.39, 0.29) is 5.91 Å². The molecular weight excluding hydrogens is 272 g/mol. The lowest BCUT2D eigenvalue weighted by Crippen LogP contribution is -2.24. The van der Waals surface area contributed by atoms with E-state index in [4.69, 9.17) is 17.3 Å². The fraction of sp³-hybridized carbons (Fsp3) is 0.188. The lowest BCUT2D eigenvalue weighted by Gasteiger charge is -2.06. The standard InChI is InChI=1S/C16H17ClN2O/c17-15-7-5-14(6-8-15)13-3-1-12(2-4-13)11-19-16(20)9-10-18/h1-8H,9-11,18H2,(H,19,20). The van der Waals surface area contributed by atoms with Crippen LogP contribution in [0.4, 0.5) is 0 Å². The minimum absolute atomic E-state index is 0.0192. The van der Waals surface area contributed by atoms with Crippen molar-refractivity contribution in [1.29, 1.82) is 0 Å². The van der Waals surface area contributed by atoms with Crippen LogP contribution in [0.1, 0.15) is 12.0 Å². The van der Waals surface area contributed by atoms with Crippen molar-refractivity contribution in [2.45, 2.75) is 13.0 Å². The van der Waals surface area contributed by atoms with Gasteiger partial charge in [-0.1, -0.05) is 48.0 Å². The number of amides is 1. The molecule has 2 aromatic carbocycles. The third-order valence-electron chi connectivity index (χ3n) is 2.99. The summed E-state index contributed by atoms with van der Waals surface area (Å²) in [5.41, 5.74) is 8.63. The van der Waals surface area contributed by atoms with E-state index in [1.165, 1.54) is 0 Å². The van der Waals surface area contributed by atoms with Gasteiger partial charge >= 0.3 is 0 Å². The molecule has 0 fully saturated rings. The fourth-order valence-corrected chi connectivity index (χ4v) is 2.00. The van der Waals surface area contributed by atoms with Gasteiger partial charge in [0.05, 0.1) is 0 Å². The van der Waals surface area contributed by atoms with Crippen molar-refractivity contribution in [2.24, 2.45) is 5.73 Å². The highest BCUT2D eigenvalue weighted by atomic mass is 35.5. The van der Waals surface area contributed by atoms with Gasteiger partial charge in [-0.15, -0.1) is 0 Å². The Bertz CT molecular complexity index is 564. The van der Waals surface area contributed by atoms with Crippen molar-refractivity contribution in [1.82, 2.24) is 5.32 Å². The summed E-state index contributed by atoms with van der Waals surface area (Å²) in [4.78, 5) is 11.3. The van der Waals surface area contributed by atoms with Crippen LogP contribution < -0.4 is 11.1 Å². The zero-order valence-corrected chi connectivity index (χ0v) is 11.9. The number of hydrogen-bond donors (Lipinski definition) is 2. The molecular formula is C16H17ClN2O. The summed E-state index contributed by atoms with van der Waals surface area (Å²) >= 11 is 5.87. The number of rotatable bonds is 5. The number of hydrogen-bond acceptors (Lipinski definition) is 2. The molecule has 3 nitrogen and oxygen atoms in total. The van der Waals surface area contributed by atoms with Crippen LogP contribution in [0.25, 0.3) is 11.1 Å². The molecule has 0 bridgehead atoms. The summed E-state index contributed by atoms with van der Waals surface area (Å²) < 4.78 is 0. The van der Waals surface area contributed by atoms with Crippen LogP contribution in [0, 0.1) is 0 Å². The number of carbonyl (C=O) groups excluding carboxylic acids is 1. The van der Waals surface area contributed by atoms with Crippen LogP contribution in [0.15, 0.2) is 48.5 Å². The summed E-state index contributed by atoms with van der Waals surface area (Å²) in [6.07, 6.45) is 0.364. The fourth-order valence-electron chi connectivity index (χ4n) is 1.88. The summed E-state index contributed by atoms with van der Waals surface area (Å²) in [7, 11) is 0. The first kappa shape index (κ1) is 14.6. The minimum atomic E-state index is -0.0192. The molecule has 0 saturated heterocycles. The van der Waals surface area contributed by atoms with Gasteiger partial charge in [-0.25, -0.2) is 0 Å². The Morgan fingerprint density at radius 1 is 1.00 bits per heavy atom. The maximum absolute atomic E-state index is 11.3. The molecule has 0 spiro atoms. The molecule has 1 amide bonds. The molecule has 0 aliphatic carbocycles. The maximum atomic E-state index is 11.3. The number of benzene rings is 2. The summed E-state index contributed by atoms with van der Waals surface area (Å²) in [5, 5.41) is 3.56. The average Bonchev–Trinajstić information content (AvgIpc) is 2.47. The molecule has 0 aliphatic rings. The van der Waals surface area contributed by atoms with Crippen LogP contribution >= 0.6 is 11.6 Å². The Balaban J connectivity index is 1.99. The van der Waals surface area contributed by atoms with Crippen molar-refractivity contribution in [3.63, 3.8) is 0 Å². The smallest absolute Gasteiger partial charge is 0.221 e. The van der Waals surface area contributed by atoms with E-state index in [0.717, 1.165) is 21.7 Å². The second kappa shape index (κ2) is 7.08. The Kier molecular flexibility index (Phi) is 5.16. The highest BCUT2D eigenvalue weighted by Gasteiger charge is 2.01. The third-order valence-corrected chi connectivity index (χ3v) is 3.24. The lowest BCUT2D eigenvalue weighted by molar-refractivity contribution is -0.121. The van der Waals surface area contributed by atoms with Gasteiger partial charge < -0.3 is 11.1 Å². The second-order valence-corrected chi connectivity index (χ2v) is 4.96. The van der Waals surface area contributed by atoms with Gasteiger partial charge in [-0.2, -0.15) is 0 Å². The largest absolute Gasteiger partial charge is 0.352 e. The first-order valence-corrected chi connectivity index (χ1v) is 6.88. The SMILES string of the molecule is NCCC(=O)NCc1ccc(-c2ccc(Cl)cc2)cc1. The number of nitrogens with two attached hydrogens (primary N) is 1. The summed E-state index contributed by atoms with van der Waals surface area (Å²) in [5.74, 6) is -0.0192. The predicted molar refractivity (Wildman–Crippen MR) is 82.4 cm³/mol. The molecule has 20 heavy (non-hydrogen) atoms. The Morgan fingerprint density at radius 3 is 2.10 bits per heavy atom. The monoisotopic (exact) mass is 288 g/mol. The third kappa shape index (κ3) is 4.08. The van der Waals surface area contributed by atoms with Gasteiger partial charge in [0.15, 0.2) is 0 Å². The molecule has 0 unspecified atom stereocenters. The van der Waals surface area contributed by atoms with Gasteiger partial charge in [0.1, 0.15) is 0 Å². The molecule has 0 heterocycles. The molecule has 0 aromatic heterocycles. The van der Waals surface area contributed by atoms with Gasteiger partial charge in [0, 0.05) is 24.5 Å². The zero-order chi connectivity index (χ0) is 14.4. The first-order chi connectivity index (χ1) is 9.69. The zero-order valence-electron chi connectivity index (χ0n) is 11.1. The van der Waals surface area contributed by atoms with Crippen LogP contribution in [0.5, 0.6) is 0 Å².